The van der Waals surface area contributed by atoms with Crippen LogP contribution >= 0.6 is 0 Å². The Hall–Kier alpha value is -4.15. The number of anilines is 1. The number of ether oxygens (including phenoxy) is 3. The summed E-state index contributed by atoms with van der Waals surface area (Å²) in [5.41, 5.74) is -1.39. The van der Waals surface area contributed by atoms with E-state index >= 15 is 4.39 Å². The van der Waals surface area contributed by atoms with E-state index in [1.54, 1.807) is 6.92 Å². The Kier molecular flexibility index (Phi) is 8.95. The topological polar surface area (TPSA) is 113 Å². The van der Waals surface area contributed by atoms with Crippen molar-refractivity contribution in [3.8, 4) is 35.4 Å². The summed E-state index contributed by atoms with van der Waals surface area (Å²) in [5, 5.41) is 22.7. The Morgan fingerprint density at radius 1 is 1.06 bits per heavy atom. The second-order valence-corrected chi connectivity index (χ2v) is 14.9. The number of nitrogens with zero attached hydrogens (tertiary/aromatic N) is 5. The molecule has 0 unspecified atom stereocenters. The van der Waals surface area contributed by atoms with Crippen molar-refractivity contribution in [2.45, 2.75) is 69.6 Å². The van der Waals surface area contributed by atoms with Crippen LogP contribution in [0.5, 0.6) is 11.8 Å². The third-order valence-electron chi connectivity index (χ3n) is 11.3. The number of hydrogen-bond donors (Lipinski definition) is 2. The molecular formula is C39H43F2N5O5. The van der Waals surface area contributed by atoms with Gasteiger partial charge in [0.15, 0.2) is 5.82 Å². The van der Waals surface area contributed by atoms with Crippen LogP contribution in [0.15, 0.2) is 30.5 Å². The molecule has 4 aromatic rings. The van der Waals surface area contributed by atoms with Crippen molar-refractivity contribution in [1.82, 2.24) is 19.9 Å². The molecule has 2 aromatic carbocycles. The van der Waals surface area contributed by atoms with Gasteiger partial charge in [0.1, 0.15) is 34.2 Å². The highest BCUT2D eigenvalue weighted by atomic mass is 19.1. The van der Waals surface area contributed by atoms with Crippen LogP contribution in [0.1, 0.15) is 57.4 Å². The zero-order valence-corrected chi connectivity index (χ0v) is 28.8. The number of β-amino-alcohol motifs (C(OH)–C–C–N with tert-alkyl or cyclic N) is 1. The molecule has 10 nitrogen and oxygen atoms in total. The zero-order chi connectivity index (χ0) is 35.3. The van der Waals surface area contributed by atoms with E-state index in [0.29, 0.717) is 48.4 Å². The molecule has 4 aliphatic rings. The molecule has 2 aromatic heterocycles. The fourth-order valence-corrected chi connectivity index (χ4v) is 9.05. The second kappa shape index (κ2) is 13.4. The molecule has 3 atom stereocenters. The van der Waals surface area contributed by atoms with Crippen molar-refractivity contribution in [2.24, 2.45) is 5.41 Å². The summed E-state index contributed by atoms with van der Waals surface area (Å²) in [5.74, 6) is 1.16. The number of aromatic nitrogens is 3. The van der Waals surface area contributed by atoms with Gasteiger partial charge in [-0.1, -0.05) is 18.4 Å². The number of rotatable bonds is 6. The van der Waals surface area contributed by atoms with Crippen molar-refractivity contribution in [3.63, 3.8) is 0 Å². The molecule has 4 fully saturated rings. The summed E-state index contributed by atoms with van der Waals surface area (Å²) in [6.45, 7) is 5.76. The molecular weight excluding hydrogens is 656 g/mol. The van der Waals surface area contributed by atoms with E-state index in [4.69, 9.17) is 25.6 Å². The van der Waals surface area contributed by atoms with E-state index in [-0.39, 0.29) is 58.1 Å². The molecule has 3 saturated heterocycles. The molecule has 51 heavy (non-hydrogen) atoms. The standard InChI is InChI=1S/C39H43F2N5O5/c1-3-27-30(40)8-7-24-18-26(47)19-28(32(24)27)34-33(41)35-29(20-42-34)36(45-14-17-50-22-38(2,48)21-45)44-37(43-35)51-23-39-11-4-6-31(39)46(13-5-12-39)25-9-15-49-16-10-25/h1,7-8,18-20,25,31,47-48H,4-6,9-17,21-23H2,2H3/t31-,38+,39-/m1/s1. The molecule has 3 aliphatic heterocycles. The van der Waals surface area contributed by atoms with Crippen molar-refractivity contribution in [3.05, 3.63) is 47.7 Å². The van der Waals surface area contributed by atoms with Crippen molar-refractivity contribution >= 4 is 27.5 Å². The van der Waals surface area contributed by atoms with Gasteiger partial charge >= 0.3 is 6.01 Å². The lowest BCUT2D eigenvalue weighted by Crippen LogP contribution is -2.56. The first kappa shape index (κ1) is 34.0. The number of phenols is 1. The van der Waals surface area contributed by atoms with Crippen LogP contribution in [-0.4, -0.2) is 100 Å². The minimum absolute atomic E-state index is 0.0256. The zero-order valence-electron chi connectivity index (χ0n) is 28.8. The molecule has 0 amide bonds. The average Bonchev–Trinajstić information content (AvgIpc) is 3.48. The van der Waals surface area contributed by atoms with E-state index in [0.717, 1.165) is 64.7 Å². The Bertz CT molecular complexity index is 2010. The lowest BCUT2D eigenvalue weighted by atomic mass is 9.74. The smallest absolute Gasteiger partial charge is 0.319 e. The number of terminal acetylenes is 1. The minimum Gasteiger partial charge on any atom is -0.508 e. The van der Waals surface area contributed by atoms with Crippen molar-refractivity contribution in [2.75, 3.05) is 57.6 Å². The summed E-state index contributed by atoms with van der Waals surface area (Å²) in [4.78, 5) is 18.6. The van der Waals surface area contributed by atoms with E-state index < -0.39 is 17.2 Å². The Morgan fingerprint density at radius 2 is 1.88 bits per heavy atom. The maximum absolute atomic E-state index is 17.0. The maximum atomic E-state index is 17.0. The Morgan fingerprint density at radius 3 is 2.71 bits per heavy atom. The van der Waals surface area contributed by atoms with Gasteiger partial charge in [-0.3, -0.25) is 9.88 Å². The molecule has 268 valence electrons. The number of pyridine rings is 1. The lowest BCUT2D eigenvalue weighted by Gasteiger charge is -2.50. The molecule has 0 spiro atoms. The third-order valence-corrected chi connectivity index (χ3v) is 11.3. The van der Waals surface area contributed by atoms with Crippen molar-refractivity contribution in [1.29, 1.82) is 0 Å². The highest BCUT2D eigenvalue weighted by molar-refractivity contribution is 6.03. The number of fused-ring (bicyclic) bond motifs is 3. The predicted octanol–water partition coefficient (Wildman–Crippen LogP) is 5.59. The lowest BCUT2D eigenvalue weighted by molar-refractivity contribution is -0.0511. The first-order valence-electron chi connectivity index (χ1n) is 18.0. The summed E-state index contributed by atoms with van der Waals surface area (Å²) in [7, 11) is 0. The number of hydrogen-bond acceptors (Lipinski definition) is 10. The Balaban J connectivity index is 1.23. The molecule has 1 saturated carbocycles. The van der Waals surface area contributed by atoms with Gasteiger partial charge in [0.25, 0.3) is 0 Å². The minimum atomic E-state index is -1.19. The molecule has 2 N–H and O–H groups in total. The highest BCUT2D eigenvalue weighted by Gasteiger charge is 2.50. The molecule has 12 heteroatoms. The number of aromatic hydroxyl groups is 1. The number of likely N-dealkylation sites (tertiary alicyclic amines) is 1. The third kappa shape index (κ3) is 6.24. The van der Waals surface area contributed by atoms with Gasteiger partial charge in [-0.15, -0.1) is 6.42 Å². The number of aliphatic hydroxyl groups is 1. The summed E-state index contributed by atoms with van der Waals surface area (Å²) in [6, 6.07) is 6.38. The van der Waals surface area contributed by atoms with Gasteiger partial charge in [-0.25, -0.2) is 8.78 Å². The van der Waals surface area contributed by atoms with E-state index in [1.165, 1.54) is 30.5 Å². The SMILES string of the molecule is C#Cc1c(F)ccc2cc(O)cc(-c3ncc4c(N5CCOC[C@@](C)(O)C5)nc(OC[C@]56CCC[C@H]5N(C5CCOCC5)CCC6)nc4c3F)c12. The predicted molar refractivity (Wildman–Crippen MR) is 189 cm³/mol. The summed E-state index contributed by atoms with van der Waals surface area (Å²) in [6.07, 6.45) is 14.6. The molecule has 8 rings (SSSR count). The first-order chi connectivity index (χ1) is 24.7. The van der Waals surface area contributed by atoms with Crippen LogP contribution in [-0.2, 0) is 9.47 Å². The average molecular weight is 700 g/mol. The van der Waals surface area contributed by atoms with Crippen LogP contribution in [0.3, 0.4) is 0 Å². The monoisotopic (exact) mass is 699 g/mol. The first-order valence-corrected chi connectivity index (χ1v) is 18.0. The van der Waals surface area contributed by atoms with Crippen LogP contribution < -0.4 is 9.64 Å². The number of phenolic OH excluding ortho intramolecular Hbond substituents is 1. The Labute approximate surface area is 295 Å². The number of halogens is 2. The van der Waals surface area contributed by atoms with Crippen LogP contribution in [0, 0.1) is 29.4 Å². The maximum Gasteiger partial charge on any atom is 0.319 e. The number of benzene rings is 2. The normalized spacial score (nSPS) is 26.3. The van der Waals surface area contributed by atoms with E-state index in [1.807, 2.05) is 4.90 Å². The van der Waals surface area contributed by atoms with Gasteiger partial charge in [-0.05, 0) is 75.6 Å². The molecule has 0 bridgehead atoms. The summed E-state index contributed by atoms with van der Waals surface area (Å²) >= 11 is 0. The van der Waals surface area contributed by atoms with Crippen molar-refractivity contribution < 1.29 is 33.2 Å². The number of piperidine rings is 1. The molecule has 1 aliphatic carbocycles. The van der Waals surface area contributed by atoms with Gasteiger partial charge in [-0.2, -0.15) is 9.97 Å². The van der Waals surface area contributed by atoms with Gasteiger partial charge < -0.3 is 29.3 Å². The molecule has 0 radical (unpaired) electrons. The largest absolute Gasteiger partial charge is 0.508 e. The fourth-order valence-electron chi connectivity index (χ4n) is 9.05. The summed E-state index contributed by atoms with van der Waals surface area (Å²) < 4.78 is 49.9. The fraction of sp³-hybridized carbons (Fsp3) is 0.513. The van der Waals surface area contributed by atoms with Crippen LogP contribution in [0.4, 0.5) is 14.6 Å². The highest BCUT2D eigenvalue weighted by Crippen LogP contribution is 2.49. The van der Waals surface area contributed by atoms with E-state index in [2.05, 4.69) is 20.8 Å². The van der Waals surface area contributed by atoms with Crippen LogP contribution in [0.2, 0.25) is 0 Å². The van der Waals surface area contributed by atoms with Gasteiger partial charge in [0, 0.05) is 54.4 Å². The second-order valence-electron chi connectivity index (χ2n) is 14.9. The van der Waals surface area contributed by atoms with Gasteiger partial charge in [0.2, 0.25) is 0 Å². The molecule has 5 heterocycles. The van der Waals surface area contributed by atoms with E-state index in [9.17, 15) is 14.6 Å². The quantitative estimate of drug-likeness (QED) is 0.247. The van der Waals surface area contributed by atoms with Crippen LogP contribution in [0.25, 0.3) is 32.9 Å². The van der Waals surface area contributed by atoms with Gasteiger partial charge in [0.05, 0.1) is 37.3 Å².